The maximum Gasteiger partial charge on any atom is 0.0485 e. The van der Waals surface area contributed by atoms with Gasteiger partial charge in [-0.05, 0) is 29.3 Å². The van der Waals surface area contributed by atoms with E-state index in [0.717, 1.165) is 16.7 Å². The van der Waals surface area contributed by atoms with Gasteiger partial charge in [-0.25, -0.2) is 0 Å². The Morgan fingerprint density at radius 3 is 2.44 bits per heavy atom. The molecule has 0 amide bonds. The summed E-state index contributed by atoms with van der Waals surface area (Å²) in [5, 5.41) is 1.37. The van der Waals surface area contributed by atoms with Crippen LogP contribution in [0.3, 0.4) is 0 Å². The molecule has 0 fully saturated rings. The lowest BCUT2D eigenvalue weighted by Crippen LogP contribution is -1.84. The van der Waals surface area contributed by atoms with Crippen LogP contribution >= 0.6 is 23.2 Å². The molecule has 0 aliphatic carbocycles. The van der Waals surface area contributed by atoms with E-state index in [-0.39, 0.29) is 0 Å². The Balaban J connectivity index is 2.66. The molecule has 0 heterocycles. The normalized spacial score (nSPS) is 10.1. The molecular weight excluding hydrogens is 239 g/mol. The van der Waals surface area contributed by atoms with Gasteiger partial charge in [0.25, 0.3) is 0 Å². The molecule has 2 aromatic rings. The third-order valence-electron chi connectivity index (χ3n) is 2.40. The number of hydrogen-bond acceptors (Lipinski definition) is 0. The van der Waals surface area contributed by atoms with Crippen molar-refractivity contribution >= 4 is 29.3 Å². The second-order valence-electron chi connectivity index (χ2n) is 3.42. The Bertz CT molecular complexity index is 530. The van der Waals surface area contributed by atoms with Crippen LogP contribution in [-0.4, -0.2) is 0 Å². The van der Waals surface area contributed by atoms with Crippen molar-refractivity contribution in [1.29, 1.82) is 0 Å². The summed E-state index contributed by atoms with van der Waals surface area (Å²) in [5.74, 6) is 0. The van der Waals surface area contributed by atoms with E-state index >= 15 is 0 Å². The van der Waals surface area contributed by atoms with Gasteiger partial charge in [-0.15, -0.1) is 0 Å². The van der Waals surface area contributed by atoms with E-state index in [0.29, 0.717) is 10.0 Å². The summed E-state index contributed by atoms with van der Waals surface area (Å²) in [5.41, 5.74) is 3.03. The fraction of sp³-hybridized carbons (Fsp3) is 0. The lowest BCUT2D eigenvalue weighted by Gasteiger charge is -2.08. The zero-order valence-electron chi connectivity index (χ0n) is 8.58. The molecule has 0 unspecified atom stereocenters. The molecule has 0 saturated heterocycles. The van der Waals surface area contributed by atoms with Crippen LogP contribution in [0.4, 0.5) is 0 Å². The van der Waals surface area contributed by atoms with Gasteiger partial charge in [0.15, 0.2) is 0 Å². The van der Waals surface area contributed by atoms with E-state index in [1.807, 2.05) is 36.4 Å². The molecule has 0 bridgehead atoms. The van der Waals surface area contributed by atoms with Crippen LogP contribution in [0.2, 0.25) is 10.0 Å². The number of hydrogen-bond donors (Lipinski definition) is 0. The van der Waals surface area contributed by atoms with Crippen molar-refractivity contribution in [3.05, 3.63) is 64.7 Å². The Morgan fingerprint density at radius 1 is 0.938 bits per heavy atom. The highest BCUT2D eigenvalue weighted by atomic mass is 35.5. The standard InChI is InChI=1S/C14H10Cl2/c1-2-10-5-3-4-6-12(10)13-9-11(15)7-8-14(13)16/h2-9H,1H2. The summed E-state index contributed by atoms with van der Waals surface area (Å²) in [7, 11) is 0. The molecule has 0 radical (unpaired) electrons. The lowest BCUT2D eigenvalue weighted by atomic mass is 10.00. The zero-order valence-corrected chi connectivity index (χ0v) is 10.1. The quantitative estimate of drug-likeness (QED) is 0.677. The number of halogens is 2. The molecule has 0 aromatic heterocycles. The first kappa shape index (κ1) is 11.3. The molecule has 0 spiro atoms. The van der Waals surface area contributed by atoms with E-state index < -0.39 is 0 Å². The van der Waals surface area contributed by atoms with Crippen LogP contribution in [0.25, 0.3) is 17.2 Å². The predicted octanol–water partition coefficient (Wildman–Crippen LogP) is 5.30. The van der Waals surface area contributed by atoms with Crippen molar-refractivity contribution < 1.29 is 0 Å². The first-order valence-electron chi connectivity index (χ1n) is 4.89. The fourth-order valence-corrected chi connectivity index (χ4v) is 2.02. The molecule has 0 aliphatic rings. The van der Waals surface area contributed by atoms with Crippen LogP contribution in [0.15, 0.2) is 49.0 Å². The first-order valence-corrected chi connectivity index (χ1v) is 5.65. The summed E-state index contributed by atoms with van der Waals surface area (Å²) in [6, 6.07) is 13.4. The van der Waals surface area contributed by atoms with Crippen LogP contribution in [-0.2, 0) is 0 Å². The van der Waals surface area contributed by atoms with Gasteiger partial charge in [0.2, 0.25) is 0 Å². The lowest BCUT2D eigenvalue weighted by molar-refractivity contribution is 1.59. The number of rotatable bonds is 2. The van der Waals surface area contributed by atoms with Gasteiger partial charge in [0.05, 0.1) is 0 Å². The molecule has 0 saturated carbocycles. The summed E-state index contributed by atoms with van der Waals surface area (Å²) in [4.78, 5) is 0. The van der Waals surface area contributed by atoms with E-state index in [4.69, 9.17) is 23.2 Å². The van der Waals surface area contributed by atoms with E-state index in [9.17, 15) is 0 Å². The van der Waals surface area contributed by atoms with Crippen molar-refractivity contribution in [1.82, 2.24) is 0 Å². The van der Waals surface area contributed by atoms with Crippen molar-refractivity contribution in [2.75, 3.05) is 0 Å². The van der Waals surface area contributed by atoms with Crippen LogP contribution in [0.1, 0.15) is 5.56 Å². The Morgan fingerprint density at radius 2 is 1.69 bits per heavy atom. The van der Waals surface area contributed by atoms with Gasteiger partial charge in [0.1, 0.15) is 0 Å². The summed E-state index contributed by atoms with van der Waals surface area (Å²) in [6.07, 6.45) is 1.81. The average molecular weight is 249 g/mol. The van der Waals surface area contributed by atoms with E-state index in [1.54, 1.807) is 12.1 Å². The van der Waals surface area contributed by atoms with Crippen LogP contribution < -0.4 is 0 Å². The smallest absolute Gasteiger partial charge is 0.0485 e. The fourth-order valence-electron chi connectivity index (χ4n) is 1.62. The zero-order chi connectivity index (χ0) is 11.5. The van der Waals surface area contributed by atoms with Gasteiger partial charge < -0.3 is 0 Å². The van der Waals surface area contributed by atoms with Gasteiger partial charge >= 0.3 is 0 Å². The Labute approximate surface area is 105 Å². The second-order valence-corrected chi connectivity index (χ2v) is 4.26. The van der Waals surface area contributed by atoms with Gasteiger partial charge in [-0.1, -0.05) is 60.1 Å². The van der Waals surface area contributed by atoms with Crippen LogP contribution in [0.5, 0.6) is 0 Å². The maximum absolute atomic E-state index is 6.17. The van der Waals surface area contributed by atoms with E-state index in [1.165, 1.54) is 0 Å². The molecule has 0 N–H and O–H groups in total. The highest BCUT2D eigenvalue weighted by Crippen LogP contribution is 2.32. The topological polar surface area (TPSA) is 0 Å². The summed E-state index contributed by atoms with van der Waals surface area (Å²) in [6.45, 7) is 3.79. The van der Waals surface area contributed by atoms with E-state index in [2.05, 4.69) is 6.58 Å². The van der Waals surface area contributed by atoms with Crippen molar-refractivity contribution in [2.45, 2.75) is 0 Å². The molecule has 0 aliphatic heterocycles. The Kier molecular flexibility index (Phi) is 3.33. The largest absolute Gasteiger partial charge is 0.0984 e. The van der Waals surface area contributed by atoms with Gasteiger partial charge in [-0.3, -0.25) is 0 Å². The average Bonchev–Trinajstić information content (AvgIpc) is 2.32. The predicted molar refractivity (Wildman–Crippen MR) is 72.0 cm³/mol. The Hall–Kier alpha value is -1.24. The first-order chi connectivity index (χ1) is 7.72. The van der Waals surface area contributed by atoms with Crippen molar-refractivity contribution in [3.63, 3.8) is 0 Å². The third kappa shape index (κ3) is 2.13. The molecule has 0 atom stereocenters. The molecule has 0 nitrogen and oxygen atoms in total. The molecule has 2 heteroatoms. The minimum atomic E-state index is 0.679. The summed E-state index contributed by atoms with van der Waals surface area (Å²) < 4.78 is 0. The molecule has 16 heavy (non-hydrogen) atoms. The molecule has 2 aromatic carbocycles. The maximum atomic E-state index is 6.17. The van der Waals surface area contributed by atoms with Gasteiger partial charge in [0, 0.05) is 15.6 Å². The third-order valence-corrected chi connectivity index (χ3v) is 2.96. The molecular formula is C14H10Cl2. The summed E-state index contributed by atoms with van der Waals surface area (Å²) >= 11 is 12.1. The molecule has 2 rings (SSSR count). The van der Waals surface area contributed by atoms with Crippen molar-refractivity contribution in [3.8, 4) is 11.1 Å². The second kappa shape index (κ2) is 4.73. The van der Waals surface area contributed by atoms with Crippen LogP contribution in [0, 0.1) is 0 Å². The SMILES string of the molecule is C=Cc1ccccc1-c1cc(Cl)ccc1Cl. The monoisotopic (exact) mass is 248 g/mol. The minimum absolute atomic E-state index is 0.679. The highest BCUT2D eigenvalue weighted by molar-refractivity contribution is 6.35. The van der Waals surface area contributed by atoms with Gasteiger partial charge in [-0.2, -0.15) is 0 Å². The van der Waals surface area contributed by atoms with Crippen molar-refractivity contribution in [2.24, 2.45) is 0 Å². The molecule has 80 valence electrons. The number of benzene rings is 2. The highest BCUT2D eigenvalue weighted by Gasteiger charge is 2.06. The minimum Gasteiger partial charge on any atom is -0.0984 e.